The number of rotatable bonds is 3. The number of nitrogens with zero attached hydrogens (tertiary/aromatic N) is 1. The summed E-state index contributed by atoms with van der Waals surface area (Å²) in [4.78, 5) is 2.90. The summed E-state index contributed by atoms with van der Waals surface area (Å²) in [5, 5.41) is 0. The molecule has 2 nitrogen and oxygen atoms in total. The number of hydrogen-bond acceptors (Lipinski definition) is 2. The third-order valence-corrected chi connectivity index (χ3v) is 6.77. The van der Waals surface area contributed by atoms with Gasteiger partial charge in [0, 0.05) is 18.1 Å². The first-order valence-corrected chi connectivity index (χ1v) is 9.03. The first-order chi connectivity index (χ1) is 9.56. The van der Waals surface area contributed by atoms with Crippen LogP contribution in [0.3, 0.4) is 0 Å². The van der Waals surface area contributed by atoms with Crippen LogP contribution < -0.4 is 5.73 Å². The number of hydrogen-bond donors (Lipinski definition) is 1. The van der Waals surface area contributed by atoms with Gasteiger partial charge in [-0.15, -0.1) is 0 Å². The molecule has 3 fully saturated rings. The molecule has 3 aliphatic rings. The van der Waals surface area contributed by atoms with E-state index in [4.69, 9.17) is 5.73 Å². The average Bonchev–Trinajstić information content (AvgIpc) is 3.10. The van der Waals surface area contributed by atoms with Crippen molar-refractivity contribution in [2.45, 2.75) is 89.6 Å². The van der Waals surface area contributed by atoms with Crippen molar-refractivity contribution in [3.8, 4) is 0 Å². The van der Waals surface area contributed by atoms with E-state index in [2.05, 4.69) is 18.7 Å². The van der Waals surface area contributed by atoms with E-state index in [1.807, 2.05) is 0 Å². The molecule has 0 aromatic heterocycles. The quantitative estimate of drug-likeness (QED) is 0.847. The van der Waals surface area contributed by atoms with Crippen molar-refractivity contribution >= 4 is 0 Å². The van der Waals surface area contributed by atoms with Crippen LogP contribution in [0.1, 0.15) is 78.1 Å². The van der Waals surface area contributed by atoms with Gasteiger partial charge < -0.3 is 5.73 Å². The van der Waals surface area contributed by atoms with E-state index in [1.165, 1.54) is 70.8 Å². The molecule has 0 spiro atoms. The molecule has 1 unspecified atom stereocenters. The van der Waals surface area contributed by atoms with Gasteiger partial charge in [0.15, 0.2) is 0 Å². The Morgan fingerprint density at radius 3 is 2.20 bits per heavy atom. The zero-order valence-electron chi connectivity index (χ0n) is 13.7. The summed E-state index contributed by atoms with van der Waals surface area (Å²) in [5.74, 6) is 0.982. The standard InChI is InChI=1S/C18H34N2/c1-17(2)9-11-18(14-19,12-10-17)20-13-5-8-16(20)15-6-3-4-7-15/h15-16H,3-14,19H2,1-2H3. The molecule has 116 valence electrons. The molecule has 0 aromatic carbocycles. The van der Waals surface area contributed by atoms with Crippen LogP contribution in [-0.2, 0) is 0 Å². The van der Waals surface area contributed by atoms with Gasteiger partial charge in [-0.05, 0) is 69.2 Å². The summed E-state index contributed by atoms with van der Waals surface area (Å²) in [6.45, 7) is 7.07. The van der Waals surface area contributed by atoms with Crippen molar-refractivity contribution in [1.29, 1.82) is 0 Å². The summed E-state index contributed by atoms with van der Waals surface area (Å²) >= 11 is 0. The SMILES string of the molecule is CC1(C)CCC(CN)(N2CCCC2C2CCCC2)CC1. The summed E-state index contributed by atoms with van der Waals surface area (Å²) in [6, 6.07) is 0.863. The molecule has 20 heavy (non-hydrogen) atoms. The summed E-state index contributed by atoms with van der Waals surface area (Å²) in [5.41, 5.74) is 7.22. The Morgan fingerprint density at radius 2 is 1.60 bits per heavy atom. The molecule has 2 N–H and O–H groups in total. The van der Waals surface area contributed by atoms with Gasteiger partial charge in [0.25, 0.3) is 0 Å². The molecule has 0 aromatic rings. The van der Waals surface area contributed by atoms with E-state index in [1.54, 1.807) is 0 Å². The lowest BCUT2D eigenvalue weighted by Gasteiger charge is -2.51. The van der Waals surface area contributed by atoms with Crippen LogP contribution in [0.25, 0.3) is 0 Å². The van der Waals surface area contributed by atoms with Crippen molar-refractivity contribution < 1.29 is 0 Å². The Labute approximate surface area is 125 Å². The smallest absolute Gasteiger partial charge is 0.0335 e. The predicted molar refractivity (Wildman–Crippen MR) is 85.7 cm³/mol. The molecule has 2 saturated carbocycles. The second-order valence-electron chi connectivity index (χ2n) is 8.54. The fourth-order valence-corrected chi connectivity index (χ4v) is 5.21. The van der Waals surface area contributed by atoms with Gasteiger partial charge in [-0.1, -0.05) is 26.7 Å². The predicted octanol–water partition coefficient (Wildman–Crippen LogP) is 3.94. The van der Waals surface area contributed by atoms with Crippen molar-refractivity contribution in [3.63, 3.8) is 0 Å². The summed E-state index contributed by atoms with van der Waals surface area (Å²) in [7, 11) is 0. The Balaban J connectivity index is 1.74. The molecule has 3 rings (SSSR count). The van der Waals surface area contributed by atoms with Gasteiger partial charge in [0.1, 0.15) is 0 Å². The second-order valence-corrected chi connectivity index (χ2v) is 8.54. The van der Waals surface area contributed by atoms with Gasteiger partial charge in [0.05, 0.1) is 0 Å². The summed E-state index contributed by atoms with van der Waals surface area (Å²) in [6.07, 6.45) is 14.1. The lowest BCUT2D eigenvalue weighted by atomic mass is 9.68. The highest BCUT2D eigenvalue weighted by molar-refractivity contribution is 5.03. The molecule has 0 amide bonds. The number of likely N-dealkylation sites (tertiary alicyclic amines) is 1. The van der Waals surface area contributed by atoms with Crippen LogP contribution in [0.5, 0.6) is 0 Å². The van der Waals surface area contributed by atoms with Gasteiger partial charge in [0.2, 0.25) is 0 Å². The van der Waals surface area contributed by atoms with E-state index in [0.717, 1.165) is 18.5 Å². The lowest BCUT2D eigenvalue weighted by Crippen LogP contribution is -2.59. The molecule has 0 radical (unpaired) electrons. The van der Waals surface area contributed by atoms with Crippen molar-refractivity contribution in [2.24, 2.45) is 17.1 Å². The van der Waals surface area contributed by atoms with E-state index in [9.17, 15) is 0 Å². The Hall–Kier alpha value is -0.0800. The van der Waals surface area contributed by atoms with Gasteiger partial charge >= 0.3 is 0 Å². The molecule has 2 aliphatic carbocycles. The highest BCUT2D eigenvalue weighted by atomic mass is 15.3. The third kappa shape index (κ3) is 2.66. The zero-order chi connectivity index (χ0) is 14.2. The Morgan fingerprint density at radius 1 is 0.950 bits per heavy atom. The largest absolute Gasteiger partial charge is 0.329 e. The highest BCUT2D eigenvalue weighted by Gasteiger charge is 2.47. The maximum Gasteiger partial charge on any atom is 0.0335 e. The molecule has 1 saturated heterocycles. The normalized spacial score (nSPS) is 34.6. The van der Waals surface area contributed by atoms with Crippen molar-refractivity contribution in [2.75, 3.05) is 13.1 Å². The minimum absolute atomic E-state index is 0.347. The minimum atomic E-state index is 0.347. The third-order valence-electron chi connectivity index (χ3n) is 6.77. The molecule has 0 bridgehead atoms. The first-order valence-electron chi connectivity index (χ1n) is 9.03. The topological polar surface area (TPSA) is 29.3 Å². The van der Waals surface area contributed by atoms with Gasteiger partial charge in [-0.2, -0.15) is 0 Å². The van der Waals surface area contributed by atoms with Crippen LogP contribution in [0.4, 0.5) is 0 Å². The Bertz CT molecular complexity index is 320. The monoisotopic (exact) mass is 278 g/mol. The number of nitrogens with two attached hydrogens (primary N) is 1. The van der Waals surface area contributed by atoms with Crippen LogP contribution in [-0.4, -0.2) is 29.6 Å². The first kappa shape index (κ1) is 14.8. The molecular formula is C18H34N2. The minimum Gasteiger partial charge on any atom is -0.329 e. The van der Waals surface area contributed by atoms with E-state index in [-0.39, 0.29) is 0 Å². The van der Waals surface area contributed by atoms with Crippen LogP contribution >= 0.6 is 0 Å². The lowest BCUT2D eigenvalue weighted by molar-refractivity contribution is -0.00112. The maximum atomic E-state index is 6.33. The molecule has 1 atom stereocenters. The van der Waals surface area contributed by atoms with Gasteiger partial charge in [-0.25, -0.2) is 0 Å². The average molecular weight is 278 g/mol. The van der Waals surface area contributed by atoms with Crippen molar-refractivity contribution in [1.82, 2.24) is 4.90 Å². The highest BCUT2D eigenvalue weighted by Crippen LogP contribution is 2.47. The molecular weight excluding hydrogens is 244 g/mol. The van der Waals surface area contributed by atoms with Crippen LogP contribution in [0.2, 0.25) is 0 Å². The molecule has 1 heterocycles. The fourth-order valence-electron chi connectivity index (χ4n) is 5.21. The van der Waals surface area contributed by atoms with Crippen LogP contribution in [0.15, 0.2) is 0 Å². The fraction of sp³-hybridized carbons (Fsp3) is 1.00. The Kier molecular flexibility index (Phi) is 4.16. The summed E-state index contributed by atoms with van der Waals surface area (Å²) < 4.78 is 0. The molecule has 1 aliphatic heterocycles. The zero-order valence-corrected chi connectivity index (χ0v) is 13.7. The van der Waals surface area contributed by atoms with Gasteiger partial charge in [-0.3, -0.25) is 4.90 Å². The van der Waals surface area contributed by atoms with Crippen LogP contribution in [0, 0.1) is 11.3 Å². The maximum absolute atomic E-state index is 6.33. The van der Waals surface area contributed by atoms with E-state index >= 15 is 0 Å². The van der Waals surface area contributed by atoms with E-state index in [0.29, 0.717) is 11.0 Å². The second kappa shape index (κ2) is 5.61. The van der Waals surface area contributed by atoms with Crippen molar-refractivity contribution in [3.05, 3.63) is 0 Å². The van der Waals surface area contributed by atoms with E-state index < -0.39 is 0 Å². The molecule has 2 heteroatoms.